The van der Waals surface area contributed by atoms with E-state index in [1.165, 1.54) is 70.6 Å². The Morgan fingerprint density at radius 3 is 1.65 bits per heavy atom. The van der Waals surface area contributed by atoms with E-state index < -0.39 is 0 Å². The standard InChI is InChI=1S/C14H29NS2/c1-2-3-4-5-6-7-8-9-10-11-12-13-15-14(16)17/h2-13H2,1H3,(H2,15,16,17). The van der Waals surface area contributed by atoms with Crippen LogP contribution < -0.4 is 5.32 Å². The average molecular weight is 276 g/mol. The molecule has 0 aromatic heterocycles. The Bertz CT molecular complexity index is 172. The lowest BCUT2D eigenvalue weighted by Crippen LogP contribution is -2.17. The number of unbranched alkanes of at least 4 members (excludes halogenated alkanes) is 10. The fraction of sp³-hybridized carbons (Fsp3) is 0.929. The summed E-state index contributed by atoms with van der Waals surface area (Å²) in [6, 6.07) is 0. The first kappa shape index (κ1) is 17.2. The molecule has 0 aliphatic heterocycles. The van der Waals surface area contributed by atoms with Crippen LogP contribution in [-0.2, 0) is 0 Å². The van der Waals surface area contributed by atoms with Crippen LogP contribution in [0.2, 0.25) is 0 Å². The van der Waals surface area contributed by atoms with E-state index in [1.54, 1.807) is 0 Å². The van der Waals surface area contributed by atoms with Crippen LogP contribution >= 0.6 is 24.8 Å². The van der Waals surface area contributed by atoms with Crippen molar-refractivity contribution in [1.29, 1.82) is 0 Å². The van der Waals surface area contributed by atoms with Gasteiger partial charge in [-0.15, -0.1) is 12.6 Å². The van der Waals surface area contributed by atoms with E-state index >= 15 is 0 Å². The third kappa shape index (κ3) is 16.2. The number of rotatable bonds is 12. The molecular formula is C14H29NS2. The molecule has 0 unspecified atom stereocenters. The molecule has 102 valence electrons. The van der Waals surface area contributed by atoms with Gasteiger partial charge in [0, 0.05) is 6.54 Å². The smallest absolute Gasteiger partial charge is 0.130 e. The van der Waals surface area contributed by atoms with Gasteiger partial charge < -0.3 is 5.32 Å². The van der Waals surface area contributed by atoms with Crippen LogP contribution in [-0.4, -0.2) is 10.9 Å². The lowest BCUT2D eigenvalue weighted by Gasteiger charge is -2.03. The summed E-state index contributed by atoms with van der Waals surface area (Å²) < 4.78 is 0.622. The topological polar surface area (TPSA) is 12.0 Å². The molecule has 0 spiro atoms. The first-order valence-electron chi connectivity index (χ1n) is 7.24. The highest BCUT2D eigenvalue weighted by Gasteiger charge is 1.93. The van der Waals surface area contributed by atoms with Crippen molar-refractivity contribution in [3.63, 3.8) is 0 Å². The second-order valence-corrected chi connectivity index (χ2v) is 5.93. The molecule has 0 aliphatic rings. The Kier molecular flexibility index (Phi) is 14.5. The number of hydrogen-bond donors (Lipinski definition) is 2. The van der Waals surface area contributed by atoms with Crippen LogP contribution in [0.25, 0.3) is 0 Å². The quantitative estimate of drug-likeness (QED) is 0.292. The summed E-state index contributed by atoms with van der Waals surface area (Å²) in [7, 11) is 0. The van der Waals surface area contributed by atoms with E-state index in [0.717, 1.165) is 6.54 Å². The Balaban J connectivity index is 2.91. The molecular weight excluding hydrogens is 246 g/mol. The van der Waals surface area contributed by atoms with Crippen LogP contribution in [0.5, 0.6) is 0 Å². The van der Waals surface area contributed by atoms with Gasteiger partial charge in [-0.05, 0) is 6.42 Å². The molecule has 3 heteroatoms. The summed E-state index contributed by atoms with van der Waals surface area (Å²) in [4.78, 5) is 0. The van der Waals surface area contributed by atoms with Crippen LogP contribution in [0.3, 0.4) is 0 Å². The van der Waals surface area contributed by atoms with E-state index in [9.17, 15) is 0 Å². The third-order valence-corrected chi connectivity index (χ3v) is 3.36. The lowest BCUT2D eigenvalue weighted by atomic mass is 10.1. The summed E-state index contributed by atoms with van der Waals surface area (Å²) in [5, 5.41) is 3.07. The molecule has 0 aromatic rings. The first-order chi connectivity index (χ1) is 8.27. The largest absolute Gasteiger partial charge is 0.371 e. The van der Waals surface area contributed by atoms with Gasteiger partial charge in [-0.1, -0.05) is 83.3 Å². The maximum absolute atomic E-state index is 4.83. The van der Waals surface area contributed by atoms with Gasteiger partial charge in [0.15, 0.2) is 0 Å². The first-order valence-corrected chi connectivity index (χ1v) is 8.09. The van der Waals surface area contributed by atoms with Gasteiger partial charge in [-0.3, -0.25) is 0 Å². The number of nitrogens with one attached hydrogen (secondary N) is 1. The summed E-state index contributed by atoms with van der Waals surface area (Å²) in [5.41, 5.74) is 0. The molecule has 0 atom stereocenters. The van der Waals surface area contributed by atoms with Crippen molar-refractivity contribution in [2.75, 3.05) is 6.54 Å². The van der Waals surface area contributed by atoms with Crippen LogP contribution in [0.15, 0.2) is 0 Å². The van der Waals surface area contributed by atoms with Crippen LogP contribution in [0.4, 0.5) is 0 Å². The second kappa shape index (κ2) is 14.3. The minimum absolute atomic E-state index is 0.622. The molecule has 1 nitrogen and oxygen atoms in total. The summed E-state index contributed by atoms with van der Waals surface area (Å²) in [6.07, 6.45) is 15.3. The predicted molar refractivity (Wildman–Crippen MR) is 86.0 cm³/mol. The van der Waals surface area contributed by atoms with E-state index in [1.807, 2.05) is 0 Å². The monoisotopic (exact) mass is 275 g/mol. The van der Waals surface area contributed by atoms with Gasteiger partial charge >= 0.3 is 0 Å². The van der Waals surface area contributed by atoms with Crippen molar-refractivity contribution in [3.8, 4) is 0 Å². The van der Waals surface area contributed by atoms with Crippen molar-refractivity contribution in [1.82, 2.24) is 5.32 Å². The third-order valence-electron chi connectivity index (χ3n) is 3.06. The summed E-state index contributed by atoms with van der Waals surface area (Å²) in [6.45, 7) is 3.26. The highest BCUT2D eigenvalue weighted by atomic mass is 32.1. The molecule has 0 rings (SSSR count). The van der Waals surface area contributed by atoms with Crippen LogP contribution in [0.1, 0.15) is 77.6 Å². The zero-order valence-electron chi connectivity index (χ0n) is 11.3. The Hall–Kier alpha value is 0.240. The second-order valence-electron chi connectivity index (χ2n) is 4.77. The molecule has 0 aliphatic carbocycles. The fourth-order valence-electron chi connectivity index (χ4n) is 1.98. The Morgan fingerprint density at radius 1 is 0.824 bits per heavy atom. The zero-order chi connectivity index (χ0) is 12.8. The maximum atomic E-state index is 4.83. The van der Waals surface area contributed by atoms with Crippen molar-refractivity contribution < 1.29 is 0 Å². The molecule has 1 N–H and O–H groups in total. The molecule has 0 bridgehead atoms. The predicted octanol–water partition coefficient (Wildman–Crippen LogP) is 5.10. The molecule has 0 saturated carbocycles. The molecule has 0 heterocycles. The normalized spacial score (nSPS) is 10.5. The molecule has 17 heavy (non-hydrogen) atoms. The van der Waals surface area contributed by atoms with E-state index in [-0.39, 0.29) is 0 Å². The number of thiocarbonyl (C=S) groups is 1. The molecule has 0 fully saturated rings. The van der Waals surface area contributed by atoms with Gasteiger partial charge in [0.05, 0.1) is 0 Å². The van der Waals surface area contributed by atoms with Crippen molar-refractivity contribution in [3.05, 3.63) is 0 Å². The lowest BCUT2D eigenvalue weighted by molar-refractivity contribution is 0.549. The molecule has 0 radical (unpaired) electrons. The average Bonchev–Trinajstić information content (AvgIpc) is 2.30. The van der Waals surface area contributed by atoms with E-state index in [4.69, 9.17) is 12.2 Å². The SMILES string of the molecule is CCCCCCCCCCCCCNC(=S)S. The van der Waals surface area contributed by atoms with Gasteiger partial charge in [-0.2, -0.15) is 0 Å². The van der Waals surface area contributed by atoms with Gasteiger partial charge in [0.2, 0.25) is 0 Å². The minimum Gasteiger partial charge on any atom is -0.371 e. The van der Waals surface area contributed by atoms with Gasteiger partial charge in [0.1, 0.15) is 4.32 Å². The Morgan fingerprint density at radius 2 is 1.24 bits per heavy atom. The van der Waals surface area contributed by atoms with Crippen LogP contribution in [0, 0.1) is 0 Å². The van der Waals surface area contributed by atoms with Crippen molar-refractivity contribution in [2.45, 2.75) is 77.6 Å². The van der Waals surface area contributed by atoms with Crippen molar-refractivity contribution in [2.24, 2.45) is 0 Å². The zero-order valence-corrected chi connectivity index (χ0v) is 13.1. The van der Waals surface area contributed by atoms with Gasteiger partial charge in [0.25, 0.3) is 0 Å². The van der Waals surface area contributed by atoms with Gasteiger partial charge in [-0.25, -0.2) is 0 Å². The molecule has 0 saturated heterocycles. The summed E-state index contributed by atoms with van der Waals surface area (Å²) in [5.74, 6) is 0. The highest BCUT2D eigenvalue weighted by molar-refractivity contribution is 8.11. The van der Waals surface area contributed by atoms with E-state index in [0.29, 0.717) is 4.32 Å². The van der Waals surface area contributed by atoms with Crippen molar-refractivity contribution >= 4 is 29.2 Å². The minimum atomic E-state index is 0.622. The summed E-state index contributed by atoms with van der Waals surface area (Å²) >= 11 is 8.85. The molecule has 0 aromatic carbocycles. The number of hydrogen-bond acceptors (Lipinski definition) is 1. The highest BCUT2D eigenvalue weighted by Crippen LogP contribution is 2.10. The maximum Gasteiger partial charge on any atom is 0.130 e. The molecule has 0 amide bonds. The number of thiol groups is 1. The Labute approximate surface area is 119 Å². The van der Waals surface area contributed by atoms with E-state index in [2.05, 4.69) is 24.9 Å². The fourth-order valence-corrected chi connectivity index (χ4v) is 2.20.